The summed E-state index contributed by atoms with van der Waals surface area (Å²) in [6.07, 6.45) is -0.172. The second-order valence-electron chi connectivity index (χ2n) is 5.16. The number of halogens is 2. The second kappa shape index (κ2) is 8.50. The molecule has 1 amide bonds. The summed E-state index contributed by atoms with van der Waals surface area (Å²) in [6.45, 7) is -0.516. The summed E-state index contributed by atoms with van der Waals surface area (Å²) in [5, 5.41) is 8.10. The van der Waals surface area contributed by atoms with E-state index in [1.165, 1.54) is 24.3 Å². The van der Waals surface area contributed by atoms with E-state index >= 15 is 0 Å². The number of hydrogen-bond donors (Lipinski definition) is 2. The predicted molar refractivity (Wildman–Crippen MR) is 97.6 cm³/mol. The zero-order chi connectivity index (χ0) is 19.3. The molecule has 0 radical (unpaired) electrons. The first-order chi connectivity index (χ1) is 12.2. The highest BCUT2D eigenvalue weighted by molar-refractivity contribution is 7.89. The van der Waals surface area contributed by atoms with Gasteiger partial charge in [-0.05, 0) is 36.4 Å². The SMILES string of the molecule is NS(=O)(=O)c1ccc(NC(=O)COC(=O)Cc2c(Cl)cccc2Cl)cc1. The number of primary sulfonamides is 1. The van der Waals surface area contributed by atoms with Crippen molar-refractivity contribution in [2.45, 2.75) is 11.3 Å². The number of anilines is 1. The Labute approximate surface area is 160 Å². The van der Waals surface area contributed by atoms with Gasteiger partial charge in [0.05, 0.1) is 11.3 Å². The van der Waals surface area contributed by atoms with Gasteiger partial charge < -0.3 is 10.1 Å². The van der Waals surface area contributed by atoms with Crippen molar-refractivity contribution < 1.29 is 22.7 Å². The second-order valence-corrected chi connectivity index (χ2v) is 7.53. The topological polar surface area (TPSA) is 116 Å². The fraction of sp³-hybridized carbons (Fsp3) is 0.125. The molecule has 0 fully saturated rings. The minimum Gasteiger partial charge on any atom is -0.455 e. The third-order valence-electron chi connectivity index (χ3n) is 3.21. The Morgan fingerprint density at radius 1 is 1.04 bits per heavy atom. The van der Waals surface area contributed by atoms with E-state index in [0.29, 0.717) is 21.3 Å². The van der Waals surface area contributed by atoms with Crippen LogP contribution in [-0.2, 0) is 30.8 Å². The lowest BCUT2D eigenvalue weighted by Gasteiger charge is -2.09. The van der Waals surface area contributed by atoms with Crippen LogP contribution in [0.1, 0.15) is 5.56 Å². The molecular formula is C16H14Cl2N2O5S. The normalized spacial score (nSPS) is 11.0. The third-order valence-corrected chi connectivity index (χ3v) is 4.85. The van der Waals surface area contributed by atoms with E-state index in [1.54, 1.807) is 18.2 Å². The molecule has 0 spiro atoms. The van der Waals surface area contributed by atoms with Crippen LogP contribution in [-0.4, -0.2) is 26.9 Å². The van der Waals surface area contributed by atoms with Gasteiger partial charge >= 0.3 is 5.97 Å². The van der Waals surface area contributed by atoms with Gasteiger partial charge in [-0.2, -0.15) is 0 Å². The molecule has 2 aromatic rings. The average molecular weight is 417 g/mol. The minimum atomic E-state index is -3.81. The number of amides is 1. The summed E-state index contributed by atoms with van der Waals surface area (Å²) in [6, 6.07) is 10.1. The van der Waals surface area contributed by atoms with Crippen molar-refractivity contribution in [3.05, 3.63) is 58.1 Å². The Hall–Kier alpha value is -2.13. The lowest BCUT2D eigenvalue weighted by Crippen LogP contribution is -2.21. The first kappa shape index (κ1) is 20.2. The van der Waals surface area contributed by atoms with E-state index < -0.39 is 28.5 Å². The number of rotatable bonds is 6. The standard InChI is InChI=1S/C16H14Cl2N2O5S/c17-13-2-1-3-14(18)12(13)8-16(22)25-9-15(21)20-10-4-6-11(7-5-10)26(19,23)24/h1-7H,8-9H2,(H,20,21)(H2,19,23,24). The van der Waals surface area contributed by atoms with E-state index in [1.807, 2.05) is 0 Å². The van der Waals surface area contributed by atoms with E-state index in [9.17, 15) is 18.0 Å². The molecule has 0 aromatic heterocycles. The zero-order valence-corrected chi connectivity index (χ0v) is 15.6. The molecule has 2 rings (SSSR count). The number of carbonyl (C=O) groups excluding carboxylic acids is 2. The highest BCUT2D eigenvalue weighted by atomic mass is 35.5. The Morgan fingerprint density at radius 3 is 2.15 bits per heavy atom. The molecule has 10 heteroatoms. The summed E-state index contributed by atoms with van der Waals surface area (Å²) in [4.78, 5) is 23.5. The smallest absolute Gasteiger partial charge is 0.310 e. The van der Waals surface area contributed by atoms with Crippen LogP contribution >= 0.6 is 23.2 Å². The molecule has 0 bridgehead atoms. The molecule has 138 valence electrons. The maximum absolute atomic E-state index is 11.8. The summed E-state index contributed by atoms with van der Waals surface area (Å²) in [5.74, 6) is -1.26. The van der Waals surface area contributed by atoms with E-state index in [0.717, 1.165) is 0 Å². The number of nitrogens with one attached hydrogen (secondary N) is 1. The first-order valence-corrected chi connectivity index (χ1v) is 9.48. The van der Waals surface area contributed by atoms with Gasteiger partial charge in [0.1, 0.15) is 0 Å². The molecule has 0 unspecified atom stereocenters. The maximum Gasteiger partial charge on any atom is 0.310 e. The van der Waals surface area contributed by atoms with Gasteiger partial charge in [-0.1, -0.05) is 29.3 Å². The first-order valence-electron chi connectivity index (χ1n) is 7.18. The van der Waals surface area contributed by atoms with Crippen LogP contribution in [0, 0.1) is 0 Å². The van der Waals surface area contributed by atoms with Crippen molar-refractivity contribution in [2.24, 2.45) is 5.14 Å². The van der Waals surface area contributed by atoms with E-state index in [-0.39, 0.29) is 11.3 Å². The summed E-state index contributed by atoms with van der Waals surface area (Å²) in [5.41, 5.74) is 0.743. The summed E-state index contributed by atoms with van der Waals surface area (Å²) < 4.78 is 27.2. The van der Waals surface area contributed by atoms with Gasteiger partial charge in [0.15, 0.2) is 6.61 Å². The fourth-order valence-corrected chi connectivity index (χ4v) is 3.01. The van der Waals surface area contributed by atoms with Crippen LogP contribution in [0.25, 0.3) is 0 Å². The van der Waals surface area contributed by atoms with Crippen LogP contribution in [0.2, 0.25) is 10.0 Å². The van der Waals surface area contributed by atoms with Gasteiger partial charge in [-0.25, -0.2) is 13.6 Å². The Kier molecular flexibility index (Phi) is 6.60. The Balaban J connectivity index is 1.87. The number of carbonyl (C=O) groups is 2. The summed E-state index contributed by atoms with van der Waals surface area (Å²) in [7, 11) is -3.81. The minimum absolute atomic E-state index is 0.0847. The van der Waals surface area contributed by atoms with Crippen LogP contribution in [0.4, 0.5) is 5.69 Å². The Bertz CT molecular complexity index is 910. The molecule has 0 aliphatic heterocycles. The number of ether oxygens (including phenoxy) is 1. The van der Waals surface area contributed by atoms with Crippen molar-refractivity contribution >= 4 is 50.8 Å². The van der Waals surface area contributed by atoms with Gasteiger partial charge in [0.25, 0.3) is 5.91 Å². The van der Waals surface area contributed by atoms with Crippen molar-refractivity contribution in [3.63, 3.8) is 0 Å². The zero-order valence-electron chi connectivity index (χ0n) is 13.2. The molecular weight excluding hydrogens is 403 g/mol. The summed E-state index contributed by atoms with van der Waals surface area (Å²) >= 11 is 11.9. The highest BCUT2D eigenvalue weighted by Crippen LogP contribution is 2.24. The molecule has 0 saturated heterocycles. The molecule has 0 saturated carbocycles. The molecule has 3 N–H and O–H groups in total. The molecule has 0 heterocycles. The lowest BCUT2D eigenvalue weighted by molar-refractivity contribution is -0.146. The van der Waals surface area contributed by atoms with Crippen LogP contribution in [0.5, 0.6) is 0 Å². The van der Waals surface area contributed by atoms with Crippen LogP contribution in [0.15, 0.2) is 47.4 Å². The lowest BCUT2D eigenvalue weighted by atomic mass is 10.1. The quantitative estimate of drug-likeness (QED) is 0.701. The predicted octanol–water partition coefficient (Wildman–Crippen LogP) is 2.37. The van der Waals surface area contributed by atoms with Gasteiger partial charge in [0, 0.05) is 21.3 Å². The van der Waals surface area contributed by atoms with Crippen molar-refractivity contribution in [2.75, 3.05) is 11.9 Å². The van der Waals surface area contributed by atoms with E-state index in [4.69, 9.17) is 33.1 Å². The molecule has 26 heavy (non-hydrogen) atoms. The van der Waals surface area contributed by atoms with Crippen LogP contribution in [0.3, 0.4) is 0 Å². The largest absolute Gasteiger partial charge is 0.455 e. The van der Waals surface area contributed by atoms with Crippen molar-refractivity contribution in [1.82, 2.24) is 0 Å². The van der Waals surface area contributed by atoms with Crippen molar-refractivity contribution in [1.29, 1.82) is 0 Å². The number of benzene rings is 2. The Morgan fingerprint density at radius 2 is 1.62 bits per heavy atom. The molecule has 0 atom stereocenters. The number of sulfonamides is 1. The van der Waals surface area contributed by atoms with Crippen molar-refractivity contribution in [3.8, 4) is 0 Å². The fourth-order valence-electron chi connectivity index (χ4n) is 1.97. The van der Waals surface area contributed by atoms with E-state index in [2.05, 4.69) is 5.32 Å². The number of hydrogen-bond acceptors (Lipinski definition) is 5. The van der Waals surface area contributed by atoms with Crippen LogP contribution < -0.4 is 10.5 Å². The number of nitrogens with two attached hydrogens (primary N) is 1. The van der Waals surface area contributed by atoms with Gasteiger partial charge in [-0.3, -0.25) is 9.59 Å². The molecule has 2 aromatic carbocycles. The monoisotopic (exact) mass is 416 g/mol. The van der Waals surface area contributed by atoms with Gasteiger partial charge in [-0.15, -0.1) is 0 Å². The highest BCUT2D eigenvalue weighted by Gasteiger charge is 2.14. The average Bonchev–Trinajstić information content (AvgIpc) is 2.56. The molecule has 0 aliphatic rings. The maximum atomic E-state index is 11.8. The third kappa shape index (κ3) is 5.70. The number of esters is 1. The molecule has 0 aliphatic carbocycles. The van der Waals surface area contributed by atoms with Gasteiger partial charge in [0.2, 0.25) is 10.0 Å². The molecule has 7 nitrogen and oxygen atoms in total.